The van der Waals surface area contributed by atoms with Crippen molar-refractivity contribution in [2.45, 2.75) is 45.8 Å². The van der Waals surface area contributed by atoms with Crippen molar-refractivity contribution in [2.24, 2.45) is 13.0 Å². The van der Waals surface area contributed by atoms with Gasteiger partial charge in [0, 0.05) is 50.0 Å². The van der Waals surface area contributed by atoms with Crippen molar-refractivity contribution in [3.8, 4) is 0 Å². The lowest BCUT2D eigenvalue weighted by atomic mass is 9.91. The number of aromatic nitrogens is 3. The van der Waals surface area contributed by atoms with Gasteiger partial charge in [-0.3, -0.25) is 4.68 Å². The minimum absolute atomic E-state index is 0.138. The van der Waals surface area contributed by atoms with Crippen LogP contribution >= 0.6 is 0 Å². The van der Waals surface area contributed by atoms with Crippen LogP contribution in [0.4, 0.5) is 0 Å². The van der Waals surface area contributed by atoms with Gasteiger partial charge in [-0.25, -0.2) is 0 Å². The minimum atomic E-state index is 0.138. The first kappa shape index (κ1) is 16.2. The van der Waals surface area contributed by atoms with E-state index in [1.165, 1.54) is 17.5 Å². The molecule has 6 heteroatoms. The number of rotatable bonds is 6. The zero-order chi connectivity index (χ0) is 16.2. The molecule has 3 heterocycles. The molecule has 0 aromatic carbocycles. The average molecular weight is 318 g/mol. The zero-order valence-corrected chi connectivity index (χ0v) is 14.2. The van der Waals surface area contributed by atoms with E-state index in [-0.39, 0.29) is 6.10 Å². The normalized spacial score (nSPS) is 21.7. The molecule has 2 aromatic rings. The van der Waals surface area contributed by atoms with Gasteiger partial charge in [-0.05, 0) is 26.2 Å². The molecule has 0 spiro atoms. The van der Waals surface area contributed by atoms with E-state index in [1.54, 1.807) is 0 Å². The van der Waals surface area contributed by atoms with E-state index >= 15 is 0 Å². The third-order valence-electron chi connectivity index (χ3n) is 4.61. The van der Waals surface area contributed by atoms with Crippen LogP contribution in [0.3, 0.4) is 0 Å². The van der Waals surface area contributed by atoms with Crippen LogP contribution < -0.4 is 5.32 Å². The number of nitrogens with zero attached hydrogens (tertiary/aromatic N) is 3. The molecule has 1 fully saturated rings. The smallest absolute Gasteiger partial charge is 0.138 e. The number of hydrogen-bond acceptors (Lipinski definition) is 5. The standard InChI is InChI=1S/C17H26N4O2/c1-4-16-15(12(2)23-20-16)10-18-8-13-6-5-7-22-17(13)14-9-19-21(3)11-14/h9,11,13,17-18H,4-8,10H2,1-3H3/t13-,17+/m0/s1. The molecule has 2 aromatic heterocycles. The van der Waals surface area contributed by atoms with Gasteiger partial charge in [-0.1, -0.05) is 12.1 Å². The van der Waals surface area contributed by atoms with Gasteiger partial charge < -0.3 is 14.6 Å². The van der Waals surface area contributed by atoms with Crippen LogP contribution in [0.25, 0.3) is 0 Å². The summed E-state index contributed by atoms with van der Waals surface area (Å²) in [6.07, 6.45) is 7.31. The first-order chi connectivity index (χ1) is 11.2. The Morgan fingerprint density at radius 3 is 3.04 bits per heavy atom. The fraction of sp³-hybridized carbons (Fsp3) is 0.647. The predicted octanol–water partition coefficient (Wildman–Crippen LogP) is 2.54. The molecule has 6 nitrogen and oxygen atoms in total. The van der Waals surface area contributed by atoms with E-state index in [9.17, 15) is 0 Å². The number of hydrogen-bond donors (Lipinski definition) is 1. The van der Waals surface area contributed by atoms with Gasteiger partial charge >= 0.3 is 0 Å². The van der Waals surface area contributed by atoms with Gasteiger partial charge in [0.15, 0.2) is 0 Å². The molecule has 0 aliphatic carbocycles. The molecular weight excluding hydrogens is 292 g/mol. The Labute approximate surface area is 137 Å². The lowest BCUT2D eigenvalue weighted by molar-refractivity contribution is -0.0279. The second kappa shape index (κ2) is 7.27. The van der Waals surface area contributed by atoms with Gasteiger partial charge in [-0.2, -0.15) is 5.10 Å². The van der Waals surface area contributed by atoms with Gasteiger partial charge in [0.05, 0.1) is 18.0 Å². The lowest BCUT2D eigenvalue weighted by Crippen LogP contribution is -2.31. The quantitative estimate of drug-likeness (QED) is 0.886. The fourth-order valence-electron chi connectivity index (χ4n) is 3.33. The highest BCUT2D eigenvalue weighted by atomic mass is 16.5. The van der Waals surface area contributed by atoms with Crippen molar-refractivity contribution in [1.82, 2.24) is 20.3 Å². The topological polar surface area (TPSA) is 65.1 Å². The van der Waals surface area contributed by atoms with Crippen molar-refractivity contribution < 1.29 is 9.26 Å². The first-order valence-corrected chi connectivity index (χ1v) is 8.44. The van der Waals surface area contributed by atoms with E-state index < -0.39 is 0 Å². The molecule has 0 radical (unpaired) electrons. The monoisotopic (exact) mass is 318 g/mol. The Balaban J connectivity index is 1.60. The molecule has 2 atom stereocenters. The molecule has 0 saturated carbocycles. The molecule has 1 aliphatic heterocycles. The maximum absolute atomic E-state index is 6.02. The molecule has 0 unspecified atom stereocenters. The van der Waals surface area contributed by atoms with Crippen LogP contribution in [0, 0.1) is 12.8 Å². The fourth-order valence-corrected chi connectivity index (χ4v) is 3.33. The van der Waals surface area contributed by atoms with Gasteiger partial charge in [0.25, 0.3) is 0 Å². The van der Waals surface area contributed by atoms with E-state index in [4.69, 9.17) is 9.26 Å². The molecule has 0 bridgehead atoms. The molecule has 3 rings (SSSR count). The van der Waals surface area contributed by atoms with E-state index in [0.717, 1.165) is 44.0 Å². The van der Waals surface area contributed by atoms with Gasteiger partial charge in [0.1, 0.15) is 5.76 Å². The molecule has 1 aliphatic rings. The molecule has 0 amide bonds. The van der Waals surface area contributed by atoms with Crippen LogP contribution in [-0.2, 0) is 24.8 Å². The number of nitrogens with one attached hydrogen (secondary N) is 1. The number of ether oxygens (including phenoxy) is 1. The van der Waals surface area contributed by atoms with Crippen LogP contribution in [0.2, 0.25) is 0 Å². The summed E-state index contributed by atoms with van der Waals surface area (Å²) in [7, 11) is 1.94. The summed E-state index contributed by atoms with van der Waals surface area (Å²) < 4.78 is 13.2. The Hall–Kier alpha value is -1.66. The Bertz CT molecular complexity index is 634. The van der Waals surface area contributed by atoms with Crippen molar-refractivity contribution in [1.29, 1.82) is 0 Å². The Morgan fingerprint density at radius 1 is 1.43 bits per heavy atom. The second-order valence-electron chi connectivity index (χ2n) is 6.29. The van der Waals surface area contributed by atoms with E-state index in [2.05, 4.69) is 28.7 Å². The summed E-state index contributed by atoms with van der Waals surface area (Å²) in [4.78, 5) is 0. The SMILES string of the molecule is CCc1noc(C)c1CNC[C@@H]1CCCO[C@H]1c1cnn(C)c1. The van der Waals surface area contributed by atoms with Crippen LogP contribution in [0.1, 0.15) is 48.5 Å². The predicted molar refractivity (Wildman–Crippen MR) is 86.9 cm³/mol. The third kappa shape index (κ3) is 3.64. The van der Waals surface area contributed by atoms with Gasteiger partial charge in [0.2, 0.25) is 0 Å². The van der Waals surface area contributed by atoms with Crippen molar-refractivity contribution >= 4 is 0 Å². The summed E-state index contributed by atoms with van der Waals surface area (Å²) in [6.45, 7) is 6.64. The molecule has 126 valence electrons. The van der Waals surface area contributed by atoms with Crippen LogP contribution in [0.15, 0.2) is 16.9 Å². The van der Waals surface area contributed by atoms with Gasteiger partial charge in [-0.15, -0.1) is 0 Å². The Kier molecular flexibility index (Phi) is 5.13. The summed E-state index contributed by atoms with van der Waals surface area (Å²) in [6, 6.07) is 0. The minimum Gasteiger partial charge on any atom is -0.373 e. The maximum Gasteiger partial charge on any atom is 0.138 e. The molecule has 1 N–H and O–H groups in total. The van der Waals surface area contributed by atoms with Crippen LogP contribution in [-0.4, -0.2) is 28.1 Å². The van der Waals surface area contributed by atoms with Crippen molar-refractivity contribution in [3.63, 3.8) is 0 Å². The number of aryl methyl sites for hydroxylation is 3. The zero-order valence-electron chi connectivity index (χ0n) is 14.2. The molecular formula is C17H26N4O2. The lowest BCUT2D eigenvalue weighted by Gasteiger charge is -2.31. The second-order valence-corrected chi connectivity index (χ2v) is 6.29. The summed E-state index contributed by atoms with van der Waals surface area (Å²) in [5, 5.41) is 12.0. The largest absolute Gasteiger partial charge is 0.373 e. The highest BCUT2D eigenvalue weighted by Crippen LogP contribution is 2.33. The Morgan fingerprint density at radius 2 is 2.30 bits per heavy atom. The summed E-state index contributed by atoms with van der Waals surface area (Å²) in [5.74, 6) is 1.39. The average Bonchev–Trinajstić information content (AvgIpc) is 3.14. The summed E-state index contributed by atoms with van der Waals surface area (Å²) >= 11 is 0. The van der Waals surface area contributed by atoms with E-state index in [1.807, 2.05) is 24.9 Å². The maximum atomic E-state index is 6.02. The summed E-state index contributed by atoms with van der Waals surface area (Å²) in [5.41, 5.74) is 3.43. The molecule has 1 saturated heterocycles. The van der Waals surface area contributed by atoms with E-state index in [0.29, 0.717) is 5.92 Å². The highest BCUT2D eigenvalue weighted by Gasteiger charge is 2.28. The molecule has 23 heavy (non-hydrogen) atoms. The van der Waals surface area contributed by atoms with Crippen LogP contribution in [0.5, 0.6) is 0 Å². The third-order valence-corrected chi connectivity index (χ3v) is 4.61. The first-order valence-electron chi connectivity index (χ1n) is 8.44. The van der Waals surface area contributed by atoms with Crippen molar-refractivity contribution in [3.05, 3.63) is 35.0 Å². The van der Waals surface area contributed by atoms with Crippen molar-refractivity contribution in [2.75, 3.05) is 13.2 Å². The highest BCUT2D eigenvalue weighted by molar-refractivity contribution is 5.21.